The fourth-order valence-corrected chi connectivity index (χ4v) is 2.18. The normalized spacial score (nSPS) is 11.9. The molecule has 0 radical (unpaired) electrons. The third-order valence-electron chi connectivity index (χ3n) is 2.54. The number of nitrogens with one attached hydrogen (secondary N) is 1. The van der Waals surface area contributed by atoms with Crippen LogP contribution in [0.5, 0.6) is 0 Å². The van der Waals surface area contributed by atoms with Crippen molar-refractivity contribution in [2.24, 2.45) is 0 Å². The van der Waals surface area contributed by atoms with Gasteiger partial charge in [-0.1, -0.05) is 0 Å². The van der Waals surface area contributed by atoms with Crippen molar-refractivity contribution in [3.63, 3.8) is 0 Å². The van der Waals surface area contributed by atoms with E-state index in [2.05, 4.69) is 29.5 Å². The van der Waals surface area contributed by atoms with Gasteiger partial charge in [-0.05, 0) is 27.0 Å². The molecule has 2 heterocycles. The molecule has 0 spiro atoms. The maximum absolute atomic E-state index is 5.04. The van der Waals surface area contributed by atoms with Crippen LogP contribution in [-0.4, -0.2) is 12.0 Å². The van der Waals surface area contributed by atoms with Crippen LogP contribution < -0.4 is 5.32 Å². The van der Waals surface area contributed by atoms with Crippen molar-refractivity contribution >= 4 is 11.3 Å². The third-order valence-corrected chi connectivity index (χ3v) is 3.43. The van der Waals surface area contributed by atoms with Gasteiger partial charge in [0.15, 0.2) is 0 Å². The molecule has 0 unspecified atom stereocenters. The molecule has 15 heavy (non-hydrogen) atoms. The minimum absolute atomic E-state index is 0.0848. The van der Waals surface area contributed by atoms with Crippen molar-refractivity contribution in [1.29, 1.82) is 0 Å². The number of thiazole rings is 1. The van der Waals surface area contributed by atoms with Gasteiger partial charge >= 0.3 is 0 Å². The lowest BCUT2D eigenvalue weighted by molar-refractivity contribution is 0.434. The first-order valence-electron chi connectivity index (χ1n) is 4.81. The van der Waals surface area contributed by atoms with Gasteiger partial charge in [-0.25, -0.2) is 4.98 Å². The Hall–Kier alpha value is -1.13. The largest absolute Gasteiger partial charge is 0.472 e. The van der Waals surface area contributed by atoms with Crippen LogP contribution in [0.4, 0.5) is 0 Å². The molecule has 0 aromatic carbocycles. The van der Waals surface area contributed by atoms with Crippen LogP contribution in [-0.2, 0) is 5.54 Å². The summed E-state index contributed by atoms with van der Waals surface area (Å²) in [5.41, 5.74) is 2.02. The summed E-state index contributed by atoms with van der Waals surface area (Å²) in [6, 6.07) is 1.93. The summed E-state index contributed by atoms with van der Waals surface area (Å²) in [5.74, 6) is 0. The fourth-order valence-electron chi connectivity index (χ4n) is 1.21. The first-order chi connectivity index (χ1) is 7.13. The molecule has 0 atom stereocenters. The topological polar surface area (TPSA) is 38.1 Å². The van der Waals surface area contributed by atoms with Gasteiger partial charge < -0.3 is 9.73 Å². The van der Waals surface area contributed by atoms with E-state index >= 15 is 0 Å². The van der Waals surface area contributed by atoms with E-state index in [9.17, 15) is 0 Å². The molecule has 0 fully saturated rings. The van der Waals surface area contributed by atoms with Crippen molar-refractivity contribution in [2.75, 3.05) is 7.05 Å². The Balaban J connectivity index is 2.33. The van der Waals surface area contributed by atoms with Gasteiger partial charge in [0.2, 0.25) is 0 Å². The zero-order chi connectivity index (χ0) is 10.9. The lowest BCUT2D eigenvalue weighted by Gasteiger charge is -2.21. The number of hydrogen-bond acceptors (Lipinski definition) is 4. The Morgan fingerprint density at radius 2 is 2.27 bits per heavy atom. The van der Waals surface area contributed by atoms with Crippen LogP contribution in [0.1, 0.15) is 19.5 Å². The zero-order valence-corrected chi connectivity index (χ0v) is 9.89. The van der Waals surface area contributed by atoms with E-state index in [0.717, 1.165) is 16.3 Å². The molecular weight excluding hydrogens is 208 g/mol. The Bertz CT molecular complexity index is 431. The Morgan fingerprint density at radius 3 is 2.87 bits per heavy atom. The lowest BCUT2D eigenvalue weighted by atomic mass is 10.0. The maximum atomic E-state index is 5.04. The van der Waals surface area contributed by atoms with Crippen LogP contribution in [0.25, 0.3) is 10.6 Å². The summed E-state index contributed by atoms with van der Waals surface area (Å²) in [5, 5.41) is 6.32. The van der Waals surface area contributed by atoms with E-state index in [1.165, 1.54) is 0 Å². The van der Waals surface area contributed by atoms with Crippen LogP contribution in [0, 0.1) is 0 Å². The van der Waals surface area contributed by atoms with E-state index in [1.807, 2.05) is 13.1 Å². The second-order valence-electron chi connectivity index (χ2n) is 3.92. The first-order valence-corrected chi connectivity index (χ1v) is 5.69. The highest BCUT2D eigenvalue weighted by Crippen LogP contribution is 2.28. The van der Waals surface area contributed by atoms with Gasteiger partial charge in [0.1, 0.15) is 11.3 Å². The molecule has 1 N–H and O–H groups in total. The van der Waals surface area contributed by atoms with Gasteiger partial charge in [0.25, 0.3) is 0 Å². The highest BCUT2D eigenvalue weighted by Gasteiger charge is 2.21. The van der Waals surface area contributed by atoms with E-state index in [-0.39, 0.29) is 5.54 Å². The molecule has 0 saturated carbocycles. The molecule has 0 aliphatic carbocycles. The highest BCUT2D eigenvalue weighted by molar-refractivity contribution is 7.13. The van der Waals surface area contributed by atoms with E-state index in [0.29, 0.717) is 0 Å². The SMILES string of the molecule is CNC(C)(C)c1csc(-c2ccoc2)n1. The highest BCUT2D eigenvalue weighted by atomic mass is 32.1. The molecule has 3 nitrogen and oxygen atoms in total. The lowest BCUT2D eigenvalue weighted by Crippen LogP contribution is -2.33. The van der Waals surface area contributed by atoms with Crippen molar-refractivity contribution in [2.45, 2.75) is 19.4 Å². The average Bonchev–Trinajstić information content (AvgIpc) is 2.88. The van der Waals surface area contributed by atoms with Crippen molar-refractivity contribution < 1.29 is 4.42 Å². The Morgan fingerprint density at radius 1 is 1.47 bits per heavy atom. The second kappa shape index (κ2) is 3.79. The predicted octanol–water partition coefficient (Wildman–Crippen LogP) is 2.86. The first kappa shape index (κ1) is 10.4. The van der Waals surface area contributed by atoms with Crippen LogP contribution in [0.15, 0.2) is 28.4 Å². The summed E-state index contributed by atoms with van der Waals surface area (Å²) in [6.45, 7) is 4.22. The van der Waals surface area contributed by atoms with E-state index in [1.54, 1.807) is 23.9 Å². The van der Waals surface area contributed by atoms with Gasteiger partial charge in [0.05, 0.1) is 17.5 Å². The molecule has 0 aliphatic heterocycles. The number of furan rings is 1. The van der Waals surface area contributed by atoms with Gasteiger partial charge in [0, 0.05) is 10.9 Å². The molecule has 0 amide bonds. The minimum atomic E-state index is -0.0848. The predicted molar refractivity (Wildman–Crippen MR) is 61.9 cm³/mol. The fraction of sp³-hybridized carbons (Fsp3) is 0.364. The average molecular weight is 222 g/mol. The monoisotopic (exact) mass is 222 g/mol. The number of nitrogens with zero attached hydrogens (tertiary/aromatic N) is 1. The molecule has 2 aromatic heterocycles. The smallest absolute Gasteiger partial charge is 0.126 e. The summed E-state index contributed by atoms with van der Waals surface area (Å²) in [6.07, 6.45) is 3.38. The molecule has 80 valence electrons. The van der Waals surface area contributed by atoms with E-state index < -0.39 is 0 Å². The number of aromatic nitrogens is 1. The molecular formula is C11H14N2OS. The quantitative estimate of drug-likeness (QED) is 0.867. The van der Waals surface area contributed by atoms with Gasteiger partial charge in [-0.2, -0.15) is 0 Å². The standard InChI is InChI=1S/C11H14N2OS/c1-11(2,12-3)9-7-15-10(13-9)8-4-5-14-6-8/h4-7,12H,1-3H3. The second-order valence-corrected chi connectivity index (χ2v) is 4.78. The van der Waals surface area contributed by atoms with E-state index in [4.69, 9.17) is 4.42 Å². The van der Waals surface area contributed by atoms with Crippen LogP contribution in [0.2, 0.25) is 0 Å². The Kier molecular flexibility index (Phi) is 2.63. The van der Waals surface area contributed by atoms with Crippen molar-refractivity contribution in [3.8, 4) is 10.6 Å². The molecule has 2 aromatic rings. The van der Waals surface area contributed by atoms with Crippen molar-refractivity contribution in [1.82, 2.24) is 10.3 Å². The number of hydrogen-bond donors (Lipinski definition) is 1. The van der Waals surface area contributed by atoms with Crippen LogP contribution >= 0.6 is 11.3 Å². The van der Waals surface area contributed by atoms with Gasteiger partial charge in [-0.3, -0.25) is 0 Å². The maximum Gasteiger partial charge on any atom is 0.126 e. The molecule has 4 heteroatoms. The summed E-state index contributed by atoms with van der Waals surface area (Å²) < 4.78 is 5.04. The zero-order valence-electron chi connectivity index (χ0n) is 9.07. The molecule has 0 aliphatic rings. The van der Waals surface area contributed by atoms with Crippen molar-refractivity contribution in [3.05, 3.63) is 29.7 Å². The van der Waals surface area contributed by atoms with Crippen LogP contribution in [0.3, 0.4) is 0 Å². The Labute approximate surface area is 93.2 Å². The van der Waals surface area contributed by atoms with Gasteiger partial charge in [-0.15, -0.1) is 11.3 Å². The molecule has 0 saturated heterocycles. The molecule has 0 bridgehead atoms. The summed E-state index contributed by atoms with van der Waals surface area (Å²) >= 11 is 1.64. The third kappa shape index (κ3) is 1.96. The molecule has 2 rings (SSSR count). The summed E-state index contributed by atoms with van der Waals surface area (Å²) in [7, 11) is 1.94. The summed E-state index contributed by atoms with van der Waals surface area (Å²) in [4.78, 5) is 4.59. The minimum Gasteiger partial charge on any atom is -0.472 e. The number of rotatable bonds is 3.